The lowest BCUT2D eigenvalue weighted by molar-refractivity contribution is -0.116. The first-order chi connectivity index (χ1) is 8.08. The average molecular weight is 237 g/mol. The van der Waals surface area contributed by atoms with Crippen molar-refractivity contribution in [1.82, 2.24) is 5.32 Å². The Hall–Kier alpha value is -2.04. The first kappa shape index (κ1) is 13.0. The molecule has 92 valence electrons. The zero-order valence-corrected chi connectivity index (χ0v) is 10.1. The van der Waals surface area contributed by atoms with Gasteiger partial charge in [0, 0.05) is 6.07 Å². The predicted molar refractivity (Wildman–Crippen MR) is 62.6 cm³/mol. The monoisotopic (exact) mass is 237 g/mol. The standard InChI is InChI=1S/C12H15NO4/c1-8(14)7-13-12(15)10-5-4-9(16-2)6-11(10)17-3/h4-6H,7H2,1-3H3,(H,13,15). The molecule has 17 heavy (non-hydrogen) atoms. The van der Waals surface area contributed by atoms with Crippen LogP contribution in [0.5, 0.6) is 11.5 Å². The molecule has 1 amide bonds. The molecule has 0 atom stereocenters. The van der Waals surface area contributed by atoms with Gasteiger partial charge in [0.1, 0.15) is 17.3 Å². The van der Waals surface area contributed by atoms with Crippen LogP contribution in [0.15, 0.2) is 18.2 Å². The highest BCUT2D eigenvalue weighted by Crippen LogP contribution is 2.24. The van der Waals surface area contributed by atoms with Crippen LogP contribution in [0.4, 0.5) is 0 Å². The average Bonchev–Trinajstić information content (AvgIpc) is 2.34. The molecular weight excluding hydrogens is 222 g/mol. The van der Waals surface area contributed by atoms with Crippen LogP contribution in [-0.4, -0.2) is 32.5 Å². The number of methoxy groups -OCH3 is 2. The molecule has 5 nitrogen and oxygen atoms in total. The second-order valence-electron chi connectivity index (χ2n) is 3.45. The maximum Gasteiger partial charge on any atom is 0.255 e. The van der Waals surface area contributed by atoms with Gasteiger partial charge in [-0.2, -0.15) is 0 Å². The van der Waals surface area contributed by atoms with Crippen LogP contribution >= 0.6 is 0 Å². The van der Waals surface area contributed by atoms with Crippen LogP contribution in [0.2, 0.25) is 0 Å². The van der Waals surface area contributed by atoms with E-state index in [1.54, 1.807) is 18.2 Å². The molecule has 0 spiro atoms. The molecule has 5 heteroatoms. The molecule has 0 aromatic heterocycles. The predicted octanol–water partition coefficient (Wildman–Crippen LogP) is 1.02. The third-order valence-corrected chi connectivity index (χ3v) is 2.15. The van der Waals surface area contributed by atoms with Crippen molar-refractivity contribution in [1.29, 1.82) is 0 Å². The zero-order valence-electron chi connectivity index (χ0n) is 10.1. The summed E-state index contributed by atoms with van der Waals surface area (Å²) in [4.78, 5) is 22.5. The molecule has 0 aliphatic carbocycles. The van der Waals surface area contributed by atoms with Gasteiger partial charge in [-0.25, -0.2) is 0 Å². The molecule has 0 saturated heterocycles. The number of benzene rings is 1. The van der Waals surface area contributed by atoms with Crippen molar-refractivity contribution in [3.8, 4) is 11.5 Å². The summed E-state index contributed by atoms with van der Waals surface area (Å²) in [7, 11) is 3.00. The van der Waals surface area contributed by atoms with Crippen LogP contribution in [0.3, 0.4) is 0 Å². The third-order valence-electron chi connectivity index (χ3n) is 2.15. The fourth-order valence-corrected chi connectivity index (χ4v) is 1.29. The van der Waals surface area contributed by atoms with Crippen LogP contribution in [0.25, 0.3) is 0 Å². The van der Waals surface area contributed by atoms with E-state index in [0.29, 0.717) is 17.1 Å². The van der Waals surface area contributed by atoms with Crippen LogP contribution in [0.1, 0.15) is 17.3 Å². The first-order valence-electron chi connectivity index (χ1n) is 5.08. The van der Waals surface area contributed by atoms with Gasteiger partial charge in [-0.3, -0.25) is 9.59 Å². The minimum atomic E-state index is -0.347. The molecular formula is C12H15NO4. The zero-order chi connectivity index (χ0) is 12.8. The fourth-order valence-electron chi connectivity index (χ4n) is 1.29. The van der Waals surface area contributed by atoms with E-state index in [4.69, 9.17) is 9.47 Å². The van der Waals surface area contributed by atoms with Crippen LogP contribution < -0.4 is 14.8 Å². The van der Waals surface area contributed by atoms with Crippen molar-refractivity contribution >= 4 is 11.7 Å². The number of hydrogen-bond donors (Lipinski definition) is 1. The van der Waals surface area contributed by atoms with Crippen LogP contribution in [0, 0.1) is 0 Å². The van der Waals surface area contributed by atoms with Gasteiger partial charge in [-0.05, 0) is 19.1 Å². The van der Waals surface area contributed by atoms with E-state index in [0.717, 1.165) is 0 Å². The maximum atomic E-state index is 11.7. The summed E-state index contributed by atoms with van der Waals surface area (Å²) < 4.78 is 10.1. The van der Waals surface area contributed by atoms with Gasteiger partial charge < -0.3 is 14.8 Å². The largest absolute Gasteiger partial charge is 0.497 e. The van der Waals surface area contributed by atoms with Crippen molar-refractivity contribution in [3.05, 3.63) is 23.8 Å². The molecule has 0 aliphatic heterocycles. The second-order valence-corrected chi connectivity index (χ2v) is 3.45. The van der Waals surface area contributed by atoms with Crippen molar-refractivity contribution in [2.24, 2.45) is 0 Å². The molecule has 1 rings (SSSR count). The Morgan fingerprint density at radius 3 is 2.47 bits per heavy atom. The van der Waals surface area contributed by atoms with Gasteiger partial charge in [0.25, 0.3) is 5.91 Å². The summed E-state index contributed by atoms with van der Waals surface area (Å²) in [6, 6.07) is 4.86. The number of ether oxygens (including phenoxy) is 2. The van der Waals surface area contributed by atoms with E-state index in [-0.39, 0.29) is 18.2 Å². The van der Waals surface area contributed by atoms with E-state index in [1.165, 1.54) is 21.1 Å². The highest BCUT2D eigenvalue weighted by Gasteiger charge is 2.13. The molecule has 0 saturated carbocycles. The molecule has 0 heterocycles. The van der Waals surface area contributed by atoms with E-state index >= 15 is 0 Å². The smallest absolute Gasteiger partial charge is 0.255 e. The number of hydrogen-bond acceptors (Lipinski definition) is 4. The minimum absolute atomic E-state index is 0.00795. The molecule has 0 unspecified atom stereocenters. The molecule has 1 aromatic carbocycles. The van der Waals surface area contributed by atoms with Gasteiger partial charge in [0.15, 0.2) is 0 Å². The number of carbonyl (C=O) groups is 2. The number of carbonyl (C=O) groups excluding carboxylic acids is 2. The van der Waals surface area contributed by atoms with E-state index in [1.807, 2.05) is 0 Å². The summed E-state index contributed by atoms with van der Waals surface area (Å²) in [5.74, 6) is 0.556. The Morgan fingerprint density at radius 2 is 1.94 bits per heavy atom. The van der Waals surface area contributed by atoms with E-state index in [9.17, 15) is 9.59 Å². The lowest BCUT2D eigenvalue weighted by Gasteiger charge is -2.10. The number of Topliss-reactive ketones (excluding diaryl/α,β-unsaturated/α-hetero) is 1. The normalized spacial score (nSPS) is 9.59. The van der Waals surface area contributed by atoms with Gasteiger partial charge >= 0.3 is 0 Å². The van der Waals surface area contributed by atoms with Crippen molar-refractivity contribution < 1.29 is 19.1 Å². The SMILES string of the molecule is COc1ccc(C(=O)NCC(C)=O)c(OC)c1. The molecule has 1 N–H and O–H groups in total. The Labute approximate surface area is 99.7 Å². The maximum absolute atomic E-state index is 11.7. The summed E-state index contributed by atoms with van der Waals surface area (Å²) in [5.41, 5.74) is 0.370. The minimum Gasteiger partial charge on any atom is -0.497 e. The van der Waals surface area contributed by atoms with E-state index < -0.39 is 0 Å². The number of ketones is 1. The van der Waals surface area contributed by atoms with Crippen LogP contribution in [-0.2, 0) is 4.79 Å². The summed E-state index contributed by atoms with van der Waals surface area (Å²) in [6.07, 6.45) is 0. The highest BCUT2D eigenvalue weighted by atomic mass is 16.5. The molecule has 1 aromatic rings. The second kappa shape index (κ2) is 5.89. The lowest BCUT2D eigenvalue weighted by atomic mass is 10.1. The highest BCUT2D eigenvalue weighted by molar-refractivity contribution is 5.98. The summed E-state index contributed by atoms with van der Waals surface area (Å²) in [6.45, 7) is 1.42. The third kappa shape index (κ3) is 3.48. The van der Waals surface area contributed by atoms with Gasteiger partial charge in [-0.1, -0.05) is 0 Å². The van der Waals surface area contributed by atoms with Crippen molar-refractivity contribution in [2.75, 3.05) is 20.8 Å². The lowest BCUT2D eigenvalue weighted by Crippen LogP contribution is -2.28. The molecule has 0 bridgehead atoms. The Balaban J connectivity index is 2.89. The van der Waals surface area contributed by atoms with Crippen molar-refractivity contribution in [2.45, 2.75) is 6.92 Å². The molecule has 0 aliphatic rings. The number of rotatable bonds is 5. The van der Waals surface area contributed by atoms with Crippen molar-refractivity contribution in [3.63, 3.8) is 0 Å². The topological polar surface area (TPSA) is 64.6 Å². The summed E-state index contributed by atoms with van der Waals surface area (Å²) in [5, 5.41) is 2.50. The Bertz CT molecular complexity index is 429. The van der Waals surface area contributed by atoms with Gasteiger partial charge in [-0.15, -0.1) is 0 Å². The van der Waals surface area contributed by atoms with E-state index in [2.05, 4.69) is 5.32 Å². The summed E-state index contributed by atoms with van der Waals surface area (Å²) >= 11 is 0. The Kier molecular flexibility index (Phi) is 4.51. The quantitative estimate of drug-likeness (QED) is 0.830. The first-order valence-corrected chi connectivity index (χ1v) is 5.08. The number of amides is 1. The molecule has 0 radical (unpaired) electrons. The fraction of sp³-hybridized carbons (Fsp3) is 0.333. The molecule has 0 fully saturated rings. The Morgan fingerprint density at radius 1 is 1.24 bits per heavy atom. The van der Waals surface area contributed by atoms with Gasteiger partial charge in [0.2, 0.25) is 0 Å². The van der Waals surface area contributed by atoms with Gasteiger partial charge in [0.05, 0.1) is 26.3 Å². The number of nitrogens with one attached hydrogen (secondary N) is 1.